The summed E-state index contributed by atoms with van der Waals surface area (Å²) in [6, 6.07) is 9.70. The van der Waals surface area contributed by atoms with Crippen LogP contribution in [0.4, 0.5) is 4.39 Å². The number of ketones is 1. The number of carbonyl (C=O) groups is 1. The van der Waals surface area contributed by atoms with Gasteiger partial charge in [-0.2, -0.15) is 0 Å². The molecule has 0 unspecified atom stereocenters. The van der Waals surface area contributed by atoms with E-state index in [1.54, 1.807) is 30.3 Å². The van der Waals surface area contributed by atoms with Crippen LogP contribution in [0.5, 0.6) is 5.75 Å². The van der Waals surface area contributed by atoms with E-state index < -0.39 is 5.82 Å². The van der Waals surface area contributed by atoms with Gasteiger partial charge in [0.05, 0.1) is 12.1 Å². The third-order valence-electron chi connectivity index (χ3n) is 2.86. The van der Waals surface area contributed by atoms with E-state index in [4.69, 9.17) is 16.3 Å². The monoisotopic (exact) mass is 356 g/mol. The molecule has 0 N–H and O–H groups in total. The molecule has 0 saturated carbocycles. The van der Waals surface area contributed by atoms with Crippen molar-refractivity contribution in [2.45, 2.75) is 6.42 Å². The lowest BCUT2D eigenvalue weighted by Gasteiger charge is -2.08. The van der Waals surface area contributed by atoms with Gasteiger partial charge in [-0.25, -0.2) is 4.39 Å². The third kappa shape index (κ3) is 3.19. The first-order valence-electron chi connectivity index (χ1n) is 5.82. The average molecular weight is 358 g/mol. The fourth-order valence-corrected chi connectivity index (χ4v) is 2.46. The zero-order valence-electron chi connectivity index (χ0n) is 10.6. The Balaban J connectivity index is 2.30. The van der Waals surface area contributed by atoms with Crippen LogP contribution < -0.4 is 4.74 Å². The maximum Gasteiger partial charge on any atom is 0.168 e. The van der Waals surface area contributed by atoms with Gasteiger partial charge in [0.2, 0.25) is 0 Å². The van der Waals surface area contributed by atoms with E-state index in [0.717, 1.165) is 0 Å². The van der Waals surface area contributed by atoms with Crippen LogP contribution in [0.2, 0.25) is 5.02 Å². The van der Waals surface area contributed by atoms with Gasteiger partial charge in [0.25, 0.3) is 0 Å². The molecule has 0 aromatic heterocycles. The summed E-state index contributed by atoms with van der Waals surface area (Å²) < 4.78 is 19.5. The van der Waals surface area contributed by atoms with Crippen molar-refractivity contribution in [2.75, 3.05) is 7.11 Å². The largest absolute Gasteiger partial charge is 0.497 e. The van der Waals surface area contributed by atoms with E-state index in [2.05, 4.69) is 15.9 Å². The van der Waals surface area contributed by atoms with Crippen LogP contribution in [0, 0.1) is 5.82 Å². The molecule has 104 valence electrons. The fourth-order valence-electron chi connectivity index (χ4n) is 1.80. The van der Waals surface area contributed by atoms with Gasteiger partial charge < -0.3 is 4.74 Å². The molecular formula is C15H11BrClFO2. The van der Waals surface area contributed by atoms with Crippen LogP contribution in [-0.2, 0) is 6.42 Å². The summed E-state index contributed by atoms with van der Waals surface area (Å²) in [5.74, 6) is -0.193. The Kier molecular flexibility index (Phi) is 4.78. The third-order valence-corrected chi connectivity index (χ3v) is 3.84. The highest BCUT2D eigenvalue weighted by atomic mass is 79.9. The van der Waals surface area contributed by atoms with Crippen LogP contribution in [0.15, 0.2) is 40.9 Å². The fraction of sp³-hybridized carbons (Fsp3) is 0.133. The first-order chi connectivity index (χ1) is 9.52. The Hall–Kier alpha value is -1.39. The topological polar surface area (TPSA) is 26.3 Å². The van der Waals surface area contributed by atoms with Crippen LogP contribution in [0.25, 0.3) is 0 Å². The maximum absolute atomic E-state index is 13.8. The van der Waals surface area contributed by atoms with Crippen LogP contribution in [0.1, 0.15) is 15.9 Å². The molecule has 0 amide bonds. The van der Waals surface area contributed by atoms with E-state index in [1.807, 2.05) is 0 Å². The van der Waals surface area contributed by atoms with Gasteiger partial charge >= 0.3 is 0 Å². The molecular weight excluding hydrogens is 347 g/mol. The molecule has 2 nitrogen and oxygen atoms in total. The van der Waals surface area contributed by atoms with E-state index in [9.17, 15) is 9.18 Å². The van der Waals surface area contributed by atoms with Crippen molar-refractivity contribution in [3.8, 4) is 5.75 Å². The number of Topliss-reactive ketones (excluding diaryl/α,β-unsaturated/α-hetero) is 1. The quantitative estimate of drug-likeness (QED) is 0.743. The van der Waals surface area contributed by atoms with Gasteiger partial charge in [0.15, 0.2) is 5.78 Å². The number of benzene rings is 2. The van der Waals surface area contributed by atoms with Gasteiger partial charge in [-0.3, -0.25) is 4.79 Å². The Morgan fingerprint density at radius 2 is 2.10 bits per heavy atom. The molecule has 0 aliphatic carbocycles. The van der Waals surface area contributed by atoms with Crippen LogP contribution in [0.3, 0.4) is 0 Å². The summed E-state index contributed by atoms with van der Waals surface area (Å²) in [5.41, 5.74) is 0.723. The molecule has 20 heavy (non-hydrogen) atoms. The number of methoxy groups -OCH3 is 1. The summed E-state index contributed by atoms with van der Waals surface area (Å²) in [7, 11) is 1.52. The Bertz CT molecular complexity index is 658. The van der Waals surface area contributed by atoms with Gasteiger partial charge in [-0.15, -0.1) is 0 Å². The van der Waals surface area contributed by atoms with Crippen molar-refractivity contribution in [3.05, 3.63) is 62.8 Å². The Morgan fingerprint density at radius 3 is 2.80 bits per heavy atom. The highest BCUT2D eigenvalue weighted by Gasteiger charge is 2.15. The number of halogens is 3. The van der Waals surface area contributed by atoms with Crippen molar-refractivity contribution in [3.63, 3.8) is 0 Å². The maximum atomic E-state index is 13.8. The van der Waals surface area contributed by atoms with E-state index in [1.165, 1.54) is 13.2 Å². The van der Waals surface area contributed by atoms with Crippen molar-refractivity contribution >= 4 is 33.3 Å². The summed E-state index contributed by atoms with van der Waals surface area (Å²) in [6.07, 6.45) is -0.0574. The second kappa shape index (κ2) is 6.37. The smallest absolute Gasteiger partial charge is 0.168 e. The minimum absolute atomic E-state index is 0.0139. The van der Waals surface area contributed by atoms with Gasteiger partial charge in [-0.05, 0) is 29.8 Å². The molecule has 0 aliphatic heterocycles. The molecule has 0 radical (unpaired) electrons. The summed E-state index contributed by atoms with van der Waals surface area (Å²) in [4.78, 5) is 12.3. The molecule has 0 aliphatic rings. The van der Waals surface area contributed by atoms with E-state index >= 15 is 0 Å². The van der Waals surface area contributed by atoms with E-state index in [0.29, 0.717) is 15.8 Å². The van der Waals surface area contributed by atoms with Gasteiger partial charge in [0.1, 0.15) is 11.6 Å². The Labute approximate surface area is 129 Å². The minimum atomic E-state index is -0.554. The lowest BCUT2D eigenvalue weighted by molar-refractivity contribution is 0.0990. The number of ether oxygens (including phenoxy) is 1. The predicted octanol–water partition coefficient (Wildman–Crippen LogP) is 4.68. The molecule has 2 aromatic carbocycles. The molecule has 5 heteroatoms. The zero-order valence-corrected chi connectivity index (χ0v) is 13.0. The van der Waals surface area contributed by atoms with Gasteiger partial charge in [-0.1, -0.05) is 39.7 Å². The summed E-state index contributed by atoms with van der Waals surface area (Å²) in [5, 5.41) is 0.0139. The molecule has 0 atom stereocenters. The molecule has 0 heterocycles. The molecule has 0 fully saturated rings. The lowest BCUT2D eigenvalue weighted by Crippen LogP contribution is -2.06. The number of hydrogen-bond acceptors (Lipinski definition) is 2. The molecule has 0 bridgehead atoms. The van der Waals surface area contributed by atoms with Crippen molar-refractivity contribution in [1.29, 1.82) is 0 Å². The van der Waals surface area contributed by atoms with Crippen molar-refractivity contribution in [1.82, 2.24) is 0 Å². The van der Waals surface area contributed by atoms with Crippen LogP contribution in [-0.4, -0.2) is 12.9 Å². The number of hydrogen-bond donors (Lipinski definition) is 0. The van der Waals surface area contributed by atoms with Crippen LogP contribution >= 0.6 is 27.5 Å². The molecule has 0 saturated heterocycles. The first kappa shape index (κ1) is 15.0. The predicted molar refractivity (Wildman–Crippen MR) is 80.1 cm³/mol. The zero-order chi connectivity index (χ0) is 14.7. The highest BCUT2D eigenvalue weighted by Crippen LogP contribution is 2.25. The van der Waals surface area contributed by atoms with Gasteiger partial charge in [0, 0.05) is 16.5 Å². The molecule has 2 rings (SSSR count). The standard InChI is InChI=1S/C15H11BrClFO2/c1-20-10-5-6-12(16)11(8-10)14(19)7-9-3-2-4-13(17)15(9)18/h2-6,8H,7H2,1H3. The SMILES string of the molecule is COc1ccc(Br)c(C(=O)Cc2cccc(Cl)c2F)c1. The summed E-state index contributed by atoms with van der Waals surface area (Å²) >= 11 is 9.02. The van der Waals surface area contributed by atoms with E-state index in [-0.39, 0.29) is 22.8 Å². The minimum Gasteiger partial charge on any atom is -0.497 e. The highest BCUT2D eigenvalue weighted by molar-refractivity contribution is 9.10. The lowest BCUT2D eigenvalue weighted by atomic mass is 10.0. The molecule has 2 aromatic rings. The Morgan fingerprint density at radius 1 is 1.35 bits per heavy atom. The second-order valence-corrected chi connectivity index (χ2v) is 5.42. The first-order valence-corrected chi connectivity index (χ1v) is 6.99. The second-order valence-electron chi connectivity index (χ2n) is 4.16. The van der Waals surface area contributed by atoms with Crippen molar-refractivity contribution in [2.24, 2.45) is 0 Å². The number of carbonyl (C=O) groups excluding carboxylic acids is 1. The molecule has 0 spiro atoms. The van der Waals surface area contributed by atoms with Crippen molar-refractivity contribution < 1.29 is 13.9 Å². The summed E-state index contributed by atoms with van der Waals surface area (Å²) in [6.45, 7) is 0. The number of rotatable bonds is 4. The average Bonchev–Trinajstić information content (AvgIpc) is 2.44. The normalized spacial score (nSPS) is 10.4.